The molecule has 5 unspecified atom stereocenters. The van der Waals surface area contributed by atoms with E-state index in [1.54, 1.807) is 6.92 Å². The van der Waals surface area contributed by atoms with Crippen LogP contribution >= 0.6 is 0 Å². The lowest BCUT2D eigenvalue weighted by molar-refractivity contribution is -0.142. The lowest BCUT2D eigenvalue weighted by atomic mass is 9.83. The van der Waals surface area contributed by atoms with Gasteiger partial charge in [0, 0.05) is 5.92 Å². The molecule has 96 valence electrons. The second kappa shape index (κ2) is 5.19. The summed E-state index contributed by atoms with van der Waals surface area (Å²) >= 11 is 0. The van der Waals surface area contributed by atoms with Crippen LogP contribution < -0.4 is 0 Å². The number of carbonyl (C=O) groups excluding carboxylic acids is 1. The molecule has 1 fully saturated rings. The highest BCUT2D eigenvalue weighted by atomic mass is 16.6. The molecule has 1 aliphatic heterocycles. The normalized spacial score (nSPS) is 43.0. The van der Waals surface area contributed by atoms with Crippen molar-refractivity contribution in [3.63, 3.8) is 0 Å². The summed E-state index contributed by atoms with van der Waals surface area (Å²) in [5.74, 6) is -0.677. The molecule has 1 aliphatic carbocycles. The number of rotatable bonds is 0. The zero-order valence-corrected chi connectivity index (χ0v) is 10.1. The minimum Gasteiger partial charge on any atom is -0.457 e. The van der Waals surface area contributed by atoms with Crippen LogP contribution in [0.2, 0.25) is 0 Å². The topological polar surface area (TPSA) is 66.8 Å². The lowest BCUT2D eigenvalue weighted by Gasteiger charge is -2.24. The fourth-order valence-corrected chi connectivity index (χ4v) is 2.70. The number of allylic oxidation sites excluding steroid dienone is 1. The largest absolute Gasteiger partial charge is 0.457 e. The first-order valence-electron chi connectivity index (χ1n) is 6.33. The van der Waals surface area contributed by atoms with Crippen LogP contribution in [0.5, 0.6) is 0 Å². The van der Waals surface area contributed by atoms with E-state index in [-0.39, 0.29) is 30.0 Å². The Morgan fingerprint density at radius 3 is 2.82 bits per heavy atom. The number of fused-ring (bicyclic) bond motifs is 1. The highest BCUT2D eigenvalue weighted by Crippen LogP contribution is 2.34. The van der Waals surface area contributed by atoms with Crippen molar-refractivity contribution in [1.82, 2.24) is 0 Å². The average Bonchev–Trinajstić information content (AvgIpc) is 2.57. The van der Waals surface area contributed by atoms with E-state index in [9.17, 15) is 15.0 Å². The molecule has 5 atom stereocenters. The number of carbonyl (C=O) groups is 1. The van der Waals surface area contributed by atoms with Crippen LogP contribution in [-0.4, -0.2) is 34.5 Å². The van der Waals surface area contributed by atoms with Crippen molar-refractivity contribution in [2.45, 2.75) is 50.9 Å². The predicted molar refractivity (Wildman–Crippen MR) is 62.2 cm³/mol. The quantitative estimate of drug-likeness (QED) is 0.490. The van der Waals surface area contributed by atoms with Gasteiger partial charge >= 0.3 is 5.97 Å². The van der Waals surface area contributed by atoms with Crippen molar-refractivity contribution in [3.05, 3.63) is 12.2 Å². The molecule has 0 spiro atoms. The second-order valence-corrected chi connectivity index (χ2v) is 5.07. The van der Waals surface area contributed by atoms with Crippen LogP contribution in [0.15, 0.2) is 12.2 Å². The van der Waals surface area contributed by atoms with Crippen LogP contribution in [0.3, 0.4) is 0 Å². The van der Waals surface area contributed by atoms with Gasteiger partial charge in [-0.3, -0.25) is 4.79 Å². The molecule has 1 heterocycles. The molecule has 2 aliphatic rings. The van der Waals surface area contributed by atoms with Gasteiger partial charge in [0.15, 0.2) is 0 Å². The fraction of sp³-hybridized carbons (Fsp3) is 0.769. The molecule has 17 heavy (non-hydrogen) atoms. The van der Waals surface area contributed by atoms with E-state index in [1.165, 1.54) is 0 Å². The molecule has 4 nitrogen and oxygen atoms in total. The number of hydrogen-bond acceptors (Lipinski definition) is 4. The Bertz CT molecular complexity index is 313. The van der Waals surface area contributed by atoms with Crippen LogP contribution in [0.1, 0.15) is 32.6 Å². The number of aliphatic hydroxyl groups is 2. The molecule has 2 N–H and O–H groups in total. The molecular formula is C13H20O4. The van der Waals surface area contributed by atoms with Crippen LogP contribution in [0.4, 0.5) is 0 Å². The van der Waals surface area contributed by atoms with Crippen molar-refractivity contribution >= 4 is 5.97 Å². The molecule has 0 aromatic carbocycles. The molecule has 0 amide bonds. The highest BCUT2D eigenvalue weighted by molar-refractivity contribution is 5.75. The van der Waals surface area contributed by atoms with Gasteiger partial charge in [0.25, 0.3) is 0 Å². The molecular weight excluding hydrogens is 220 g/mol. The summed E-state index contributed by atoms with van der Waals surface area (Å²) in [5.41, 5.74) is 0. The van der Waals surface area contributed by atoms with Crippen LogP contribution in [0.25, 0.3) is 0 Å². The third-order valence-corrected chi connectivity index (χ3v) is 3.81. The lowest BCUT2D eigenvalue weighted by Crippen LogP contribution is -2.32. The monoisotopic (exact) mass is 240 g/mol. The van der Waals surface area contributed by atoms with Crippen molar-refractivity contribution in [2.24, 2.45) is 11.8 Å². The number of esters is 1. The van der Waals surface area contributed by atoms with Gasteiger partial charge < -0.3 is 14.9 Å². The third kappa shape index (κ3) is 2.69. The van der Waals surface area contributed by atoms with E-state index in [0.29, 0.717) is 19.3 Å². The maximum absolute atomic E-state index is 11.5. The maximum atomic E-state index is 11.5. The molecule has 1 saturated heterocycles. The van der Waals surface area contributed by atoms with E-state index in [1.807, 2.05) is 12.2 Å². The summed E-state index contributed by atoms with van der Waals surface area (Å²) in [6.07, 6.45) is 5.13. The average molecular weight is 240 g/mol. The van der Waals surface area contributed by atoms with E-state index in [0.717, 1.165) is 6.42 Å². The molecule has 0 saturated carbocycles. The molecule has 0 bridgehead atoms. The van der Waals surface area contributed by atoms with Gasteiger partial charge in [-0.25, -0.2) is 0 Å². The summed E-state index contributed by atoms with van der Waals surface area (Å²) in [6.45, 7) is 1.80. The van der Waals surface area contributed by atoms with Gasteiger partial charge in [-0.1, -0.05) is 13.0 Å². The first-order valence-corrected chi connectivity index (χ1v) is 6.33. The summed E-state index contributed by atoms with van der Waals surface area (Å²) < 4.78 is 5.26. The smallest absolute Gasteiger partial charge is 0.309 e. The summed E-state index contributed by atoms with van der Waals surface area (Å²) in [4.78, 5) is 11.5. The van der Waals surface area contributed by atoms with Crippen molar-refractivity contribution in [1.29, 1.82) is 0 Å². The first-order chi connectivity index (χ1) is 8.09. The molecule has 4 heteroatoms. The van der Waals surface area contributed by atoms with E-state index < -0.39 is 6.10 Å². The van der Waals surface area contributed by atoms with E-state index in [2.05, 4.69) is 0 Å². The molecule has 0 radical (unpaired) electrons. The van der Waals surface area contributed by atoms with Crippen molar-refractivity contribution < 1.29 is 19.7 Å². The van der Waals surface area contributed by atoms with Gasteiger partial charge in [-0.15, -0.1) is 0 Å². The predicted octanol–water partition coefficient (Wildman–Crippen LogP) is 1.02. The van der Waals surface area contributed by atoms with Crippen LogP contribution in [-0.2, 0) is 9.53 Å². The van der Waals surface area contributed by atoms with Gasteiger partial charge in [-0.05, 0) is 31.8 Å². The van der Waals surface area contributed by atoms with Gasteiger partial charge in [0.2, 0.25) is 0 Å². The Morgan fingerprint density at radius 1 is 1.29 bits per heavy atom. The Morgan fingerprint density at radius 2 is 2.06 bits per heavy atom. The standard InChI is InChI=1S/C13H20O4/c1-8-12-10(15)7-6-9(14)4-2-3-5-11(12)17-13(8)16/h3,5,8-12,14-15H,2,4,6-7H2,1H3. The Balaban J connectivity index is 2.15. The highest BCUT2D eigenvalue weighted by Gasteiger charge is 2.44. The minimum atomic E-state index is -0.584. The molecule has 0 aromatic rings. The molecule has 2 rings (SSSR count). The summed E-state index contributed by atoms with van der Waals surface area (Å²) in [7, 11) is 0. The van der Waals surface area contributed by atoms with Gasteiger partial charge in [0.1, 0.15) is 6.10 Å². The fourth-order valence-electron chi connectivity index (χ4n) is 2.70. The van der Waals surface area contributed by atoms with E-state index in [4.69, 9.17) is 4.74 Å². The first kappa shape index (κ1) is 12.6. The zero-order chi connectivity index (χ0) is 12.4. The van der Waals surface area contributed by atoms with Crippen molar-refractivity contribution in [3.8, 4) is 0 Å². The van der Waals surface area contributed by atoms with Gasteiger partial charge in [0.05, 0.1) is 18.1 Å². The SMILES string of the molecule is CC1C(=O)OC2C=CCCC(O)CCC(O)C21. The van der Waals surface area contributed by atoms with Gasteiger partial charge in [-0.2, -0.15) is 0 Å². The third-order valence-electron chi connectivity index (χ3n) is 3.81. The van der Waals surface area contributed by atoms with Crippen LogP contribution in [0, 0.1) is 11.8 Å². The minimum absolute atomic E-state index is 0.177. The van der Waals surface area contributed by atoms with Crippen molar-refractivity contribution in [2.75, 3.05) is 0 Å². The maximum Gasteiger partial charge on any atom is 0.309 e. The Hall–Kier alpha value is -0.870. The number of aliphatic hydroxyl groups excluding tert-OH is 2. The zero-order valence-electron chi connectivity index (χ0n) is 10.1. The number of hydrogen-bond donors (Lipinski definition) is 2. The van der Waals surface area contributed by atoms with E-state index >= 15 is 0 Å². The number of ether oxygens (including phenoxy) is 1. The Labute approximate surface area is 101 Å². The molecule has 0 aromatic heterocycles. The Kier molecular flexibility index (Phi) is 3.84. The second-order valence-electron chi connectivity index (χ2n) is 5.07. The summed E-state index contributed by atoms with van der Waals surface area (Å²) in [5, 5.41) is 19.8. The summed E-state index contributed by atoms with van der Waals surface area (Å²) in [6, 6.07) is 0.